The summed E-state index contributed by atoms with van der Waals surface area (Å²) in [5, 5.41) is 12.7. The molecule has 2 N–H and O–H groups in total. The van der Waals surface area contributed by atoms with E-state index in [0.29, 0.717) is 11.5 Å². The van der Waals surface area contributed by atoms with E-state index < -0.39 is 23.3 Å². The van der Waals surface area contributed by atoms with E-state index in [2.05, 4.69) is 5.32 Å². The molecule has 2 amide bonds. The highest BCUT2D eigenvalue weighted by atomic mass is 16.5. The lowest BCUT2D eigenvalue weighted by Gasteiger charge is -2.34. The Hall–Kier alpha value is -1.63. The van der Waals surface area contributed by atoms with Gasteiger partial charge in [0.15, 0.2) is 0 Å². The zero-order valence-electron chi connectivity index (χ0n) is 15.8. The quantitative estimate of drug-likeness (QED) is 0.271. The van der Waals surface area contributed by atoms with Gasteiger partial charge in [-0.05, 0) is 31.1 Å². The SMILES string of the molecule is CCCC[C@H](CN(O)C=O)C(=O)N[C@H](C(=O)OC1CCC1)C(C)(C)C. The maximum absolute atomic E-state index is 12.7. The molecule has 7 nitrogen and oxygen atoms in total. The summed E-state index contributed by atoms with van der Waals surface area (Å²) in [5.41, 5.74) is -0.505. The van der Waals surface area contributed by atoms with Crippen molar-refractivity contribution in [3.8, 4) is 0 Å². The normalized spacial score (nSPS) is 17.2. The molecule has 0 aromatic heterocycles. The van der Waals surface area contributed by atoms with E-state index >= 15 is 0 Å². The fourth-order valence-corrected chi connectivity index (χ4v) is 2.63. The van der Waals surface area contributed by atoms with Crippen molar-refractivity contribution in [1.82, 2.24) is 10.4 Å². The zero-order chi connectivity index (χ0) is 19.0. The monoisotopic (exact) mass is 356 g/mol. The summed E-state index contributed by atoms with van der Waals surface area (Å²) in [6.45, 7) is 7.50. The van der Waals surface area contributed by atoms with Crippen molar-refractivity contribution in [3.05, 3.63) is 0 Å². The lowest BCUT2D eigenvalue weighted by atomic mass is 9.85. The van der Waals surface area contributed by atoms with E-state index in [1.165, 1.54) is 0 Å². The minimum atomic E-state index is -0.770. The number of hydrogen-bond acceptors (Lipinski definition) is 5. The van der Waals surface area contributed by atoms with Crippen molar-refractivity contribution in [1.29, 1.82) is 0 Å². The molecule has 25 heavy (non-hydrogen) atoms. The fraction of sp³-hybridized carbons (Fsp3) is 0.833. The summed E-state index contributed by atoms with van der Waals surface area (Å²) in [4.78, 5) is 35.8. The number of nitrogens with one attached hydrogen (secondary N) is 1. The second-order valence-electron chi connectivity index (χ2n) is 7.86. The van der Waals surface area contributed by atoms with E-state index in [4.69, 9.17) is 4.74 Å². The molecule has 0 aliphatic heterocycles. The molecule has 0 radical (unpaired) electrons. The molecule has 1 aliphatic carbocycles. The summed E-state index contributed by atoms with van der Waals surface area (Å²) in [5.74, 6) is -1.34. The number of ether oxygens (including phenoxy) is 1. The van der Waals surface area contributed by atoms with E-state index in [1.54, 1.807) is 0 Å². The first-order valence-electron chi connectivity index (χ1n) is 9.10. The topological polar surface area (TPSA) is 95.9 Å². The number of esters is 1. The average molecular weight is 356 g/mol. The van der Waals surface area contributed by atoms with Gasteiger partial charge in [0, 0.05) is 0 Å². The molecule has 1 saturated carbocycles. The van der Waals surface area contributed by atoms with E-state index in [0.717, 1.165) is 32.1 Å². The van der Waals surface area contributed by atoms with Gasteiger partial charge in [0.05, 0.1) is 12.5 Å². The van der Waals surface area contributed by atoms with Crippen LogP contribution in [0.4, 0.5) is 0 Å². The highest BCUT2D eigenvalue weighted by Crippen LogP contribution is 2.26. The minimum Gasteiger partial charge on any atom is -0.461 e. The molecule has 144 valence electrons. The lowest BCUT2D eigenvalue weighted by molar-refractivity contribution is -0.162. The molecule has 0 aromatic rings. The molecule has 2 atom stereocenters. The van der Waals surface area contributed by atoms with Crippen LogP contribution < -0.4 is 5.32 Å². The predicted octanol–water partition coefficient (Wildman–Crippen LogP) is 2.27. The third-order valence-electron chi connectivity index (χ3n) is 4.53. The number of amides is 2. The summed E-state index contributed by atoms with van der Waals surface area (Å²) in [7, 11) is 0. The van der Waals surface area contributed by atoms with Crippen LogP contribution in [-0.2, 0) is 19.1 Å². The predicted molar refractivity (Wildman–Crippen MR) is 92.7 cm³/mol. The molecule has 7 heteroatoms. The summed E-state index contributed by atoms with van der Waals surface area (Å²) in [6, 6.07) is -0.770. The Balaban J connectivity index is 2.77. The van der Waals surface area contributed by atoms with Crippen molar-refractivity contribution in [3.63, 3.8) is 0 Å². The molecule has 0 saturated heterocycles. The van der Waals surface area contributed by atoms with E-state index in [9.17, 15) is 19.6 Å². The number of hydrogen-bond donors (Lipinski definition) is 2. The standard InChI is InChI=1S/C18H32N2O5/c1-5-6-8-13(11-20(24)12-21)16(22)19-15(18(2,3)4)17(23)25-14-9-7-10-14/h12-15,24H,5-11H2,1-4H3,(H,19,22)/t13-,15-/m1/s1. The molecule has 0 unspecified atom stereocenters. The zero-order valence-corrected chi connectivity index (χ0v) is 15.8. The van der Waals surface area contributed by atoms with Gasteiger partial charge in [0.1, 0.15) is 12.1 Å². The highest BCUT2D eigenvalue weighted by Gasteiger charge is 2.37. The van der Waals surface area contributed by atoms with Crippen LogP contribution in [0.5, 0.6) is 0 Å². The summed E-state index contributed by atoms with van der Waals surface area (Å²) >= 11 is 0. The van der Waals surface area contributed by atoms with E-state index in [-0.39, 0.29) is 25.0 Å². The van der Waals surface area contributed by atoms with Gasteiger partial charge in [0.2, 0.25) is 12.3 Å². The second kappa shape index (κ2) is 9.75. The van der Waals surface area contributed by atoms with Gasteiger partial charge in [0.25, 0.3) is 0 Å². The Kier molecular flexibility index (Phi) is 8.35. The van der Waals surface area contributed by atoms with Crippen LogP contribution in [0.1, 0.15) is 66.2 Å². The van der Waals surface area contributed by atoms with Crippen molar-refractivity contribution >= 4 is 18.3 Å². The molecule has 1 fully saturated rings. The highest BCUT2D eigenvalue weighted by molar-refractivity contribution is 5.86. The van der Waals surface area contributed by atoms with Crippen molar-refractivity contribution in [2.45, 2.75) is 78.4 Å². The molecule has 0 aromatic carbocycles. The maximum Gasteiger partial charge on any atom is 0.329 e. The largest absolute Gasteiger partial charge is 0.461 e. The first-order chi connectivity index (χ1) is 11.7. The molecular formula is C18H32N2O5. The van der Waals surface area contributed by atoms with Gasteiger partial charge in [-0.3, -0.25) is 14.8 Å². The molecule has 0 heterocycles. The van der Waals surface area contributed by atoms with Crippen molar-refractivity contribution in [2.24, 2.45) is 11.3 Å². The van der Waals surface area contributed by atoms with Crippen molar-refractivity contribution in [2.75, 3.05) is 6.54 Å². The van der Waals surface area contributed by atoms with Gasteiger partial charge in [-0.1, -0.05) is 40.5 Å². The van der Waals surface area contributed by atoms with Gasteiger partial charge >= 0.3 is 5.97 Å². The summed E-state index contributed by atoms with van der Waals surface area (Å²) < 4.78 is 5.47. The van der Waals surface area contributed by atoms with Crippen LogP contribution in [0.3, 0.4) is 0 Å². The van der Waals surface area contributed by atoms with Crippen molar-refractivity contribution < 1.29 is 24.3 Å². The van der Waals surface area contributed by atoms with E-state index in [1.807, 2.05) is 27.7 Å². The number of nitrogens with zero attached hydrogens (tertiary/aromatic N) is 1. The molecule has 0 spiro atoms. The third kappa shape index (κ3) is 7.02. The Morgan fingerprint density at radius 2 is 2.00 bits per heavy atom. The van der Waals surface area contributed by atoms with Gasteiger partial charge in [-0.25, -0.2) is 9.86 Å². The van der Waals surface area contributed by atoms with Crippen LogP contribution in [0.25, 0.3) is 0 Å². The smallest absolute Gasteiger partial charge is 0.329 e. The number of hydroxylamine groups is 2. The Bertz CT molecular complexity index is 457. The van der Waals surface area contributed by atoms with Crippen LogP contribution in [0.15, 0.2) is 0 Å². The number of carbonyl (C=O) groups excluding carboxylic acids is 3. The van der Waals surface area contributed by atoms with Gasteiger partial charge < -0.3 is 10.1 Å². The maximum atomic E-state index is 12.7. The van der Waals surface area contributed by atoms with Gasteiger partial charge in [-0.2, -0.15) is 0 Å². The Morgan fingerprint density at radius 3 is 2.44 bits per heavy atom. The molecule has 0 bridgehead atoms. The number of rotatable bonds is 10. The molecule has 1 rings (SSSR count). The van der Waals surface area contributed by atoms with Crippen LogP contribution in [-0.4, -0.2) is 47.2 Å². The lowest BCUT2D eigenvalue weighted by Crippen LogP contribution is -2.53. The third-order valence-corrected chi connectivity index (χ3v) is 4.53. The van der Waals surface area contributed by atoms with Gasteiger partial charge in [-0.15, -0.1) is 0 Å². The molecular weight excluding hydrogens is 324 g/mol. The Morgan fingerprint density at radius 1 is 1.36 bits per heavy atom. The fourth-order valence-electron chi connectivity index (χ4n) is 2.63. The first kappa shape index (κ1) is 21.4. The second-order valence-corrected chi connectivity index (χ2v) is 7.86. The molecule has 1 aliphatic rings. The van der Waals surface area contributed by atoms with Crippen LogP contribution >= 0.6 is 0 Å². The first-order valence-corrected chi connectivity index (χ1v) is 9.10. The average Bonchev–Trinajstić information content (AvgIpc) is 2.50. The minimum absolute atomic E-state index is 0.0480. The van der Waals surface area contributed by atoms with Crippen LogP contribution in [0, 0.1) is 11.3 Å². The summed E-state index contributed by atoms with van der Waals surface area (Å²) in [6.07, 6.45) is 5.23. The Labute approximate surface area is 150 Å². The number of unbranched alkanes of at least 4 members (excludes halogenated alkanes) is 1. The number of carbonyl (C=O) groups is 3. The van der Waals surface area contributed by atoms with Crippen LogP contribution in [0.2, 0.25) is 0 Å².